The van der Waals surface area contributed by atoms with Gasteiger partial charge < -0.3 is 14.6 Å². The van der Waals surface area contributed by atoms with Crippen molar-refractivity contribution in [1.29, 1.82) is 0 Å². The van der Waals surface area contributed by atoms with Crippen molar-refractivity contribution in [3.05, 3.63) is 11.6 Å². The summed E-state index contributed by atoms with van der Waals surface area (Å²) < 4.78 is 8.70. The molecule has 5 nitrogen and oxygen atoms in total. The van der Waals surface area contributed by atoms with Crippen LogP contribution < -0.4 is 0 Å². The monoisotopic (exact) mass is 188 g/mol. The van der Waals surface area contributed by atoms with Crippen LogP contribution in [0.5, 0.6) is 0 Å². The predicted molar refractivity (Wildman–Crippen MR) is 43.8 cm³/mol. The Balaban J connectivity index is 4.48. The Hall–Kier alpha value is -1.36. The minimum absolute atomic E-state index is 0.0712. The van der Waals surface area contributed by atoms with Crippen LogP contribution in [-0.2, 0) is 19.1 Å². The van der Waals surface area contributed by atoms with E-state index in [0.717, 1.165) is 6.08 Å². The van der Waals surface area contributed by atoms with E-state index < -0.39 is 11.9 Å². The normalized spacial score (nSPS) is 10.8. The summed E-state index contributed by atoms with van der Waals surface area (Å²) in [7, 11) is 2.40. The molecule has 74 valence electrons. The lowest BCUT2D eigenvalue weighted by molar-refractivity contribution is -0.138. The van der Waals surface area contributed by atoms with Crippen molar-refractivity contribution in [3.8, 4) is 0 Å². The highest BCUT2D eigenvalue weighted by atomic mass is 16.5. The summed E-state index contributed by atoms with van der Waals surface area (Å²) in [6.07, 6.45) is 1.07. The molecular weight excluding hydrogens is 176 g/mol. The molecule has 0 aromatic carbocycles. The van der Waals surface area contributed by atoms with Crippen molar-refractivity contribution < 1.29 is 24.2 Å². The number of hydrogen-bond acceptors (Lipinski definition) is 5. The third-order valence-corrected chi connectivity index (χ3v) is 1.32. The van der Waals surface area contributed by atoms with Gasteiger partial charge in [0, 0.05) is 24.7 Å². The number of rotatable bonds is 4. The maximum Gasteiger partial charge on any atom is 0.334 e. The lowest BCUT2D eigenvalue weighted by Gasteiger charge is -2.01. The first-order valence-corrected chi connectivity index (χ1v) is 3.63. The predicted octanol–water partition coefficient (Wildman–Crippen LogP) is -0.359. The van der Waals surface area contributed by atoms with Crippen LogP contribution in [0.2, 0.25) is 0 Å². The lowest BCUT2D eigenvalue weighted by Crippen LogP contribution is -2.09. The van der Waals surface area contributed by atoms with Crippen LogP contribution in [0.3, 0.4) is 0 Å². The topological polar surface area (TPSA) is 72.8 Å². The van der Waals surface area contributed by atoms with Crippen molar-refractivity contribution in [3.63, 3.8) is 0 Å². The molecule has 13 heavy (non-hydrogen) atoms. The fraction of sp³-hybridized carbons (Fsp3) is 0.500. The Morgan fingerprint density at radius 1 is 1.31 bits per heavy atom. The van der Waals surface area contributed by atoms with Crippen LogP contribution in [0.4, 0.5) is 0 Å². The van der Waals surface area contributed by atoms with E-state index in [1.54, 1.807) is 0 Å². The molecule has 0 aliphatic carbocycles. The van der Waals surface area contributed by atoms with E-state index in [1.165, 1.54) is 14.2 Å². The van der Waals surface area contributed by atoms with Gasteiger partial charge in [0.25, 0.3) is 0 Å². The number of methoxy groups -OCH3 is 2. The number of aliphatic hydroxyl groups excluding tert-OH is 1. The molecule has 0 fully saturated rings. The van der Waals surface area contributed by atoms with Crippen LogP contribution in [0.25, 0.3) is 0 Å². The van der Waals surface area contributed by atoms with Crippen molar-refractivity contribution >= 4 is 11.9 Å². The summed E-state index contributed by atoms with van der Waals surface area (Å²) in [5.74, 6) is -1.28. The molecule has 0 aromatic heterocycles. The van der Waals surface area contributed by atoms with Crippen molar-refractivity contribution in [2.45, 2.75) is 6.42 Å². The van der Waals surface area contributed by atoms with Gasteiger partial charge in [0.1, 0.15) is 0 Å². The van der Waals surface area contributed by atoms with Crippen LogP contribution >= 0.6 is 0 Å². The molecule has 0 bridgehead atoms. The highest BCUT2D eigenvalue weighted by Gasteiger charge is 2.10. The number of esters is 2. The summed E-state index contributed by atoms with van der Waals surface area (Å²) in [6.45, 7) is -0.224. The molecular formula is C8H12O5. The number of aliphatic hydroxyl groups is 1. The first-order chi connectivity index (χ1) is 6.15. The SMILES string of the molecule is COC(=O)/C=C(/CCO)C(=O)OC. The van der Waals surface area contributed by atoms with Gasteiger partial charge in [-0.05, 0) is 0 Å². The molecule has 0 aliphatic rings. The van der Waals surface area contributed by atoms with Gasteiger partial charge in [0.2, 0.25) is 0 Å². The Morgan fingerprint density at radius 2 is 1.92 bits per heavy atom. The van der Waals surface area contributed by atoms with Gasteiger partial charge in [-0.1, -0.05) is 0 Å². The van der Waals surface area contributed by atoms with E-state index >= 15 is 0 Å². The molecule has 0 spiro atoms. The molecule has 5 heteroatoms. The molecule has 0 atom stereocenters. The Morgan fingerprint density at radius 3 is 2.31 bits per heavy atom. The summed E-state index contributed by atoms with van der Waals surface area (Å²) in [4.78, 5) is 21.7. The molecule has 0 radical (unpaired) electrons. The Kier molecular flexibility index (Phi) is 5.54. The van der Waals surface area contributed by atoms with Crippen LogP contribution in [0.1, 0.15) is 6.42 Å². The maximum absolute atomic E-state index is 10.9. The highest BCUT2D eigenvalue weighted by Crippen LogP contribution is 2.03. The smallest absolute Gasteiger partial charge is 0.334 e. The van der Waals surface area contributed by atoms with Gasteiger partial charge in [-0.3, -0.25) is 0 Å². The van der Waals surface area contributed by atoms with Gasteiger partial charge in [0.15, 0.2) is 0 Å². The number of carbonyl (C=O) groups excluding carboxylic acids is 2. The van der Waals surface area contributed by atoms with Crippen LogP contribution in [0.15, 0.2) is 11.6 Å². The first-order valence-electron chi connectivity index (χ1n) is 3.63. The van der Waals surface area contributed by atoms with Crippen molar-refractivity contribution in [1.82, 2.24) is 0 Å². The number of hydrogen-bond donors (Lipinski definition) is 1. The van der Waals surface area contributed by atoms with Crippen molar-refractivity contribution in [2.75, 3.05) is 20.8 Å². The van der Waals surface area contributed by atoms with Crippen molar-refractivity contribution in [2.24, 2.45) is 0 Å². The summed E-state index contributed by atoms with van der Waals surface area (Å²) in [5.41, 5.74) is 0.0943. The van der Waals surface area contributed by atoms with Gasteiger partial charge in [-0.25, -0.2) is 9.59 Å². The minimum Gasteiger partial charge on any atom is -0.466 e. The number of carbonyl (C=O) groups is 2. The summed E-state index contributed by atoms with van der Waals surface area (Å²) in [5, 5.41) is 8.57. The van der Waals surface area contributed by atoms with E-state index in [2.05, 4.69) is 9.47 Å². The average Bonchev–Trinajstić information content (AvgIpc) is 2.15. The van der Waals surface area contributed by atoms with Crippen LogP contribution in [0, 0.1) is 0 Å². The second kappa shape index (κ2) is 6.19. The quantitative estimate of drug-likeness (QED) is 0.482. The molecule has 0 aromatic rings. The Labute approximate surface area is 75.9 Å². The molecule has 0 saturated heterocycles. The molecule has 0 saturated carbocycles. The van der Waals surface area contributed by atoms with E-state index in [1.807, 2.05) is 0 Å². The van der Waals surface area contributed by atoms with E-state index in [9.17, 15) is 9.59 Å². The van der Waals surface area contributed by atoms with Crippen LogP contribution in [-0.4, -0.2) is 37.9 Å². The molecule has 0 rings (SSSR count). The fourth-order valence-corrected chi connectivity index (χ4v) is 0.686. The summed E-state index contributed by atoms with van der Waals surface area (Å²) >= 11 is 0. The second-order valence-corrected chi connectivity index (χ2v) is 2.16. The Bertz CT molecular complexity index is 219. The van der Waals surface area contributed by atoms with E-state index in [-0.39, 0.29) is 18.6 Å². The van der Waals surface area contributed by atoms with E-state index in [4.69, 9.17) is 5.11 Å². The van der Waals surface area contributed by atoms with Gasteiger partial charge in [0.05, 0.1) is 14.2 Å². The maximum atomic E-state index is 10.9. The third-order valence-electron chi connectivity index (χ3n) is 1.32. The standard InChI is InChI=1S/C8H12O5/c1-12-7(10)5-6(3-4-9)8(11)13-2/h5,9H,3-4H2,1-2H3/b6-5-. The zero-order valence-corrected chi connectivity index (χ0v) is 7.57. The number of ether oxygens (including phenoxy) is 2. The van der Waals surface area contributed by atoms with Gasteiger partial charge in [-0.15, -0.1) is 0 Å². The molecule has 0 amide bonds. The van der Waals surface area contributed by atoms with E-state index in [0.29, 0.717) is 0 Å². The zero-order chi connectivity index (χ0) is 10.3. The third kappa shape index (κ3) is 4.27. The summed E-state index contributed by atoms with van der Waals surface area (Å²) in [6, 6.07) is 0. The molecule has 0 unspecified atom stereocenters. The van der Waals surface area contributed by atoms with Gasteiger partial charge >= 0.3 is 11.9 Å². The largest absolute Gasteiger partial charge is 0.466 e. The molecule has 0 heterocycles. The molecule has 1 N–H and O–H groups in total. The lowest BCUT2D eigenvalue weighted by atomic mass is 10.2. The average molecular weight is 188 g/mol. The molecule has 0 aliphatic heterocycles. The minimum atomic E-state index is -0.645. The highest BCUT2D eigenvalue weighted by molar-refractivity contribution is 5.96. The second-order valence-electron chi connectivity index (χ2n) is 2.16. The van der Waals surface area contributed by atoms with Gasteiger partial charge in [-0.2, -0.15) is 0 Å². The first kappa shape index (κ1) is 11.6. The fourth-order valence-electron chi connectivity index (χ4n) is 0.686. The zero-order valence-electron chi connectivity index (χ0n) is 7.57.